The molecule has 0 spiro atoms. The molecule has 4 nitrogen and oxygen atoms in total. The molecule has 27 heavy (non-hydrogen) atoms. The van der Waals surface area contributed by atoms with Gasteiger partial charge in [0.1, 0.15) is 0 Å². The molecule has 144 valence electrons. The second-order valence-electron chi connectivity index (χ2n) is 8.01. The highest BCUT2D eigenvalue weighted by Crippen LogP contribution is 2.29. The predicted octanol–water partition coefficient (Wildman–Crippen LogP) is 3.69. The van der Waals surface area contributed by atoms with Crippen LogP contribution in [-0.4, -0.2) is 38.1 Å². The first-order valence-electron chi connectivity index (χ1n) is 9.73. The van der Waals surface area contributed by atoms with Gasteiger partial charge in [0.05, 0.1) is 13.2 Å². The number of benzene rings is 2. The van der Waals surface area contributed by atoms with Crippen molar-refractivity contribution in [2.45, 2.75) is 32.7 Å². The Morgan fingerprint density at radius 1 is 1.07 bits per heavy atom. The van der Waals surface area contributed by atoms with Gasteiger partial charge >= 0.3 is 0 Å². The lowest BCUT2D eigenvalue weighted by Crippen LogP contribution is -2.36. The predicted molar refractivity (Wildman–Crippen MR) is 110 cm³/mol. The van der Waals surface area contributed by atoms with Crippen LogP contribution >= 0.6 is 0 Å². The highest BCUT2D eigenvalue weighted by molar-refractivity contribution is 6.00. The lowest BCUT2D eigenvalue weighted by atomic mass is 9.78. The van der Waals surface area contributed by atoms with Gasteiger partial charge in [-0.2, -0.15) is 0 Å². The fourth-order valence-electron chi connectivity index (χ4n) is 3.77. The SMILES string of the molecule is CC(C)(CC(N)Cc1ccccc1)C(=O)c1ccc(N2CCOCC2)cc1. The minimum atomic E-state index is -0.491. The van der Waals surface area contributed by atoms with Crippen molar-refractivity contribution in [1.29, 1.82) is 0 Å². The van der Waals surface area contributed by atoms with Gasteiger partial charge in [0.25, 0.3) is 0 Å². The number of ether oxygens (including phenoxy) is 1. The van der Waals surface area contributed by atoms with Crippen LogP contribution in [0.2, 0.25) is 0 Å². The van der Waals surface area contributed by atoms with Crippen molar-refractivity contribution >= 4 is 11.5 Å². The fourth-order valence-corrected chi connectivity index (χ4v) is 3.77. The van der Waals surface area contributed by atoms with E-state index < -0.39 is 5.41 Å². The third kappa shape index (κ3) is 5.18. The molecule has 1 unspecified atom stereocenters. The van der Waals surface area contributed by atoms with E-state index in [1.807, 2.05) is 56.3 Å². The van der Waals surface area contributed by atoms with E-state index in [2.05, 4.69) is 17.0 Å². The van der Waals surface area contributed by atoms with Crippen molar-refractivity contribution in [2.75, 3.05) is 31.2 Å². The highest BCUT2D eigenvalue weighted by Gasteiger charge is 2.30. The topological polar surface area (TPSA) is 55.6 Å². The lowest BCUT2D eigenvalue weighted by Gasteiger charge is -2.29. The monoisotopic (exact) mass is 366 g/mol. The summed E-state index contributed by atoms with van der Waals surface area (Å²) in [5, 5.41) is 0. The van der Waals surface area contributed by atoms with E-state index in [1.165, 1.54) is 5.56 Å². The van der Waals surface area contributed by atoms with E-state index in [-0.39, 0.29) is 11.8 Å². The molecule has 0 aliphatic carbocycles. The number of hydrogen-bond donors (Lipinski definition) is 1. The van der Waals surface area contributed by atoms with E-state index >= 15 is 0 Å². The minimum absolute atomic E-state index is 0.0426. The molecule has 1 fully saturated rings. The maximum absolute atomic E-state index is 13.1. The van der Waals surface area contributed by atoms with Crippen LogP contribution in [-0.2, 0) is 11.2 Å². The van der Waals surface area contributed by atoms with Crippen molar-refractivity contribution in [1.82, 2.24) is 0 Å². The Bertz CT molecular complexity index is 735. The van der Waals surface area contributed by atoms with E-state index in [4.69, 9.17) is 10.5 Å². The van der Waals surface area contributed by atoms with Crippen molar-refractivity contribution in [2.24, 2.45) is 11.1 Å². The van der Waals surface area contributed by atoms with Gasteiger partial charge in [-0.1, -0.05) is 44.2 Å². The molecule has 0 aromatic heterocycles. The molecule has 1 aliphatic rings. The summed E-state index contributed by atoms with van der Waals surface area (Å²) in [4.78, 5) is 15.3. The van der Waals surface area contributed by atoms with Crippen LogP contribution in [0.25, 0.3) is 0 Å². The number of hydrogen-bond acceptors (Lipinski definition) is 4. The molecule has 0 bridgehead atoms. The molecule has 1 atom stereocenters. The second kappa shape index (κ2) is 8.68. The number of carbonyl (C=O) groups is 1. The minimum Gasteiger partial charge on any atom is -0.378 e. The Labute approximate surface area is 162 Å². The molecule has 2 aromatic carbocycles. The Morgan fingerprint density at radius 3 is 2.33 bits per heavy atom. The lowest BCUT2D eigenvalue weighted by molar-refractivity contribution is 0.0816. The molecule has 2 N–H and O–H groups in total. The van der Waals surface area contributed by atoms with Crippen molar-refractivity contribution in [3.8, 4) is 0 Å². The highest BCUT2D eigenvalue weighted by atomic mass is 16.5. The van der Waals surface area contributed by atoms with Gasteiger partial charge in [0, 0.05) is 35.8 Å². The van der Waals surface area contributed by atoms with Gasteiger partial charge < -0.3 is 15.4 Å². The molecule has 3 rings (SSSR count). The van der Waals surface area contributed by atoms with Gasteiger partial charge in [-0.15, -0.1) is 0 Å². The molecule has 1 heterocycles. The second-order valence-corrected chi connectivity index (χ2v) is 8.01. The fraction of sp³-hybridized carbons (Fsp3) is 0.435. The third-order valence-electron chi connectivity index (χ3n) is 5.23. The van der Waals surface area contributed by atoms with Crippen LogP contribution in [0.15, 0.2) is 54.6 Å². The molecule has 1 aliphatic heterocycles. The van der Waals surface area contributed by atoms with Gasteiger partial charge in [-0.25, -0.2) is 0 Å². The van der Waals surface area contributed by atoms with Gasteiger partial charge in [0.2, 0.25) is 0 Å². The molecule has 0 radical (unpaired) electrons. The zero-order valence-electron chi connectivity index (χ0n) is 16.4. The molecule has 1 saturated heterocycles. The summed E-state index contributed by atoms with van der Waals surface area (Å²) in [6.45, 7) is 7.30. The van der Waals surface area contributed by atoms with E-state index in [0.717, 1.165) is 44.0 Å². The third-order valence-corrected chi connectivity index (χ3v) is 5.23. The van der Waals surface area contributed by atoms with Crippen LogP contribution < -0.4 is 10.6 Å². The number of nitrogens with two attached hydrogens (primary N) is 1. The number of rotatable bonds is 7. The molecular formula is C23H30N2O2. The first-order chi connectivity index (χ1) is 13.0. The first kappa shape index (κ1) is 19.6. The van der Waals surface area contributed by atoms with Gasteiger partial charge in [-0.3, -0.25) is 4.79 Å². The quantitative estimate of drug-likeness (QED) is 0.759. The largest absolute Gasteiger partial charge is 0.378 e. The average Bonchev–Trinajstić information content (AvgIpc) is 2.68. The standard InChI is InChI=1S/C23H30N2O2/c1-23(2,17-20(24)16-18-6-4-3-5-7-18)22(26)19-8-10-21(11-9-19)25-12-14-27-15-13-25/h3-11,20H,12-17,24H2,1-2H3. The van der Waals surface area contributed by atoms with E-state index in [9.17, 15) is 4.79 Å². The number of ketones is 1. The maximum atomic E-state index is 13.1. The van der Waals surface area contributed by atoms with Crippen LogP contribution in [0.4, 0.5) is 5.69 Å². The van der Waals surface area contributed by atoms with E-state index in [1.54, 1.807) is 0 Å². The average molecular weight is 367 g/mol. The van der Waals surface area contributed by atoms with Gasteiger partial charge in [-0.05, 0) is 42.7 Å². The van der Waals surface area contributed by atoms with E-state index in [0.29, 0.717) is 6.42 Å². The van der Waals surface area contributed by atoms with Crippen LogP contribution in [0.5, 0.6) is 0 Å². The molecule has 4 heteroatoms. The Hall–Kier alpha value is -2.17. The number of anilines is 1. The summed E-state index contributed by atoms with van der Waals surface area (Å²) >= 11 is 0. The maximum Gasteiger partial charge on any atom is 0.168 e. The molecule has 0 saturated carbocycles. The summed E-state index contributed by atoms with van der Waals surface area (Å²) in [5.74, 6) is 0.152. The van der Waals surface area contributed by atoms with Crippen molar-refractivity contribution < 1.29 is 9.53 Å². The summed E-state index contributed by atoms with van der Waals surface area (Å²) in [7, 11) is 0. The zero-order chi connectivity index (χ0) is 19.3. The Morgan fingerprint density at radius 2 is 1.70 bits per heavy atom. The Balaban J connectivity index is 1.62. The first-order valence-corrected chi connectivity index (χ1v) is 9.73. The molecular weight excluding hydrogens is 336 g/mol. The smallest absolute Gasteiger partial charge is 0.168 e. The number of Topliss-reactive ketones (excluding diaryl/α,β-unsaturated/α-hetero) is 1. The normalized spacial score (nSPS) is 16.2. The number of carbonyl (C=O) groups excluding carboxylic acids is 1. The summed E-state index contributed by atoms with van der Waals surface area (Å²) in [6, 6.07) is 18.1. The van der Waals surface area contributed by atoms with Crippen LogP contribution in [0, 0.1) is 5.41 Å². The van der Waals surface area contributed by atoms with Gasteiger partial charge in [0.15, 0.2) is 5.78 Å². The van der Waals surface area contributed by atoms with Crippen LogP contribution in [0.1, 0.15) is 36.2 Å². The molecule has 2 aromatic rings. The number of morpholine rings is 1. The van der Waals surface area contributed by atoms with Crippen molar-refractivity contribution in [3.63, 3.8) is 0 Å². The van der Waals surface area contributed by atoms with Crippen LogP contribution in [0.3, 0.4) is 0 Å². The molecule has 0 amide bonds. The number of nitrogens with zero attached hydrogens (tertiary/aromatic N) is 1. The summed E-state index contributed by atoms with van der Waals surface area (Å²) in [6.07, 6.45) is 1.44. The summed E-state index contributed by atoms with van der Waals surface area (Å²) in [5.41, 5.74) is 8.98. The summed E-state index contributed by atoms with van der Waals surface area (Å²) < 4.78 is 5.40. The zero-order valence-corrected chi connectivity index (χ0v) is 16.4. The van der Waals surface area contributed by atoms with Crippen molar-refractivity contribution in [3.05, 3.63) is 65.7 Å². The Kier molecular flexibility index (Phi) is 6.30.